The zero-order chi connectivity index (χ0) is 21.4. The summed E-state index contributed by atoms with van der Waals surface area (Å²) in [6.45, 7) is 9.69. The SMILES string of the molecule is Cc1ccc(Cl)cc1N1CCN(C(=O)c2sc(N3CCCC3=O)nc2C(C)C)CC1. The number of carbonyl (C=O) groups is 2. The van der Waals surface area contributed by atoms with Crippen LogP contribution in [0.4, 0.5) is 10.8 Å². The van der Waals surface area contributed by atoms with Gasteiger partial charge in [0.2, 0.25) is 5.91 Å². The number of hydrogen-bond acceptors (Lipinski definition) is 5. The van der Waals surface area contributed by atoms with Crippen molar-refractivity contribution >= 4 is 45.6 Å². The van der Waals surface area contributed by atoms with Gasteiger partial charge >= 0.3 is 0 Å². The van der Waals surface area contributed by atoms with E-state index in [9.17, 15) is 9.59 Å². The summed E-state index contributed by atoms with van der Waals surface area (Å²) in [7, 11) is 0. The Kier molecular flexibility index (Phi) is 6.02. The molecule has 2 fully saturated rings. The van der Waals surface area contributed by atoms with E-state index in [1.807, 2.05) is 36.9 Å². The molecule has 0 bridgehead atoms. The van der Waals surface area contributed by atoms with Crippen LogP contribution >= 0.6 is 22.9 Å². The van der Waals surface area contributed by atoms with E-state index in [0.717, 1.165) is 35.9 Å². The maximum atomic E-state index is 13.4. The van der Waals surface area contributed by atoms with Gasteiger partial charge < -0.3 is 9.80 Å². The molecule has 2 aromatic rings. The van der Waals surface area contributed by atoms with Crippen LogP contribution in [0.1, 0.15) is 53.5 Å². The molecule has 2 amide bonds. The Morgan fingerprint density at radius 3 is 2.53 bits per heavy atom. The lowest BCUT2D eigenvalue weighted by atomic mass is 10.1. The Morgan fingerprint density at radius 1 is 1.17 bits per heavy atom. The van der Waals surface area contributed by atoms with E-state index >= 15 is 0 Å². The number of benzene rings is 1. The van der Waals surface area contributed by atoms with Crippen LogP contribution in [0, 0.1) is 6.92 Å². The van der Waals surface area contributed by atoms with E-state index < -0.39 is 0 Å². The molecule has 0 N–H and O–H groups in total. The Bertz CT molecular complexity index is 966. The quantitative estimate of drug-likeness (QED) is 0.701. The fourth-order valence-corrected chi connectivity index (χ4v) is 5.45. The van der Waals surface area contributed by atoms with Crippen molar-refractivity contribution in [3.8, 4) is 0 Å². The number of thiazole rings is 1. The monoisotopic (exact) mass is 446 g/mol. The predicted octanol–water partition coefficient (Wildman–Crippen LogP) is 4.32. The summed E-state index contributed by atoms with van der Waals surface area (Å²) in [6, 6.07) is 5.93. The van der Waals surface area contributed by atoms with Crippen molar-refractivity contribution < 1.29 is 9.59 Å². The molecule has 8 heteroatoms. The van der Waals surface area contributed by atoms with E-state index in [1.165, 1.54) is 16.9 Å². The highest BCUT2D eigenvalue weighted by molar-refractivity contribution is 7.17. The van der Waals surface area contributed by atoms with Crippen LogP contribution in [0.15, 0.2) is 18.2 Å². The molecule has 1 aromatic carbocycles. The maximum Gasteiger partial charge on any atom is 0.266 e. The lowest BCUT2D eigenvalue weighted by Crippen LogP contribution is -2.49. The highest BCUT2D eigenvalue weighted by Crippen LogP contribution is 2.34. The number of anilines is 2. The molecule has 0 atom stereocenters. The van der Waals surface area contributed by atoms with Gasteiger partial charge in [-0.15, -0.1) is 0 Å². The molecule has 6 nitrogen and oxygen atoms in total. The molecule has 0 unspecified atom stereocenters. The predicted molar refractivity (Wildman–Crippen MR) is 122 cm³/mol. The molecule has 30 heavy (non-hydrogen) atoms. The molecule has 0 spiro atoms. The van der Waals surface area contributed by atoms with Crippen molar-refractivity contribution in [2.45, 2.75) is 39.5 Å². The number of rotatable bonds is 4. The van der Waals surface area contributed by atoms with Crippen LogP contribution in [0.3, 0.4) is 0 Å². The maximum absolute atomic E-state index is 13.4. The third-order valence-corrected chi connectivity index (χ3v) is 7.08. The minimum atomic E-state index is 0.0246. The van der Waals surface area contributed by atoms with E-state index in [2.05, 4.69) is 11.8 Å². The van der Waals surface area contributed by atoms with Crippen molar-refractivity contribution in [2.24, 2.45) is 0 Å². The van der Waals surface area contributed by atoms with Gasteiger partial charge in [0.05, 0.1) is 5.69 Å². The number of piperazine rings is 1. The van der Waals surface area contributed by atoms with Crippen molar-refractivity contribution in [1.82, 2.24) is 9.88 Å². The Balaban J connectivity index is 1.50. The first-order valence-corrected chi connectivity index (χ1v) is 11.7. The number of aromatic nitrogens is 1. The summed E-state index contributed by atoms with van der Waals surface area (Å²) in [4.78, 5) is 36.8. The zero-order valence-electron chi connectivity index (χ0n) is 17.7. The number of halogens is 1. The van der Waals surface area contributed by atoms with Crippen LogP contribution in [-0.4, -0.2) is 54.4 Å². The van der Waals surface area contributed by atoms with Gasteiger partial charge in [-0.1, -0.05) is 42.9 Å². The van der Waals surface area contributed by atoms with Gasteiger partial charge in [-0.3, -0.25) is 14.5 Å². The topological polar surface area (TPSA) is 56.8 Å². The molecule has 3 heterocycles. The van der Waals surface area contributed by atoms with Gasteiger partial charge in [0, 0.05) is 49.9 Å². The van der Waals surface area contributed by atoms with Crippen molar-refractivity contribution in [3.63, 3.8) is 0 Å². The normalized spacial score (nSPS) is 17.4. The lowest BCUT2D eigenvalue weighted by molar-refractivity contribution is -0.117. The second kappa shape index (κ2) is 8.55. The van der Waals surface area contributed by atoms with E-state index in [-0.39, 0.29) is 17.7 Å². The standard InChI is InChI=1S/C22H27ClN4O2S/c1-14(2)19-20(30-22(24-19)27-8-4-5-18(27)28)21(29)26-11-9-25(10-12-26)17-13-16(23)7-6-15(17)3/h6-7,13-14H,4-5,8-12H2,1-3H3. The smallest absolute Gasteiger partial charge is 0.266 e. The van der Waals surface area contributed by atoms with Crippen molar-refractivity contribution in [3.05, 3.63) is 39.4 Å². The van der Waals surface area contributed by atoms with E-state index in [4.69, 9.17) is 16.6 Å². The fourth-order valence-electron chi connectivity index (χ4n) is 4.05. The molecular formula is C22H27ClN4O2S. The molecule has 0 radical (unpaired) electrons. The Hall–Kier alpha value is -2.12. The largest absolute Gasteiger partial charge is 0.368 e. The number of hydrogen-bond donors (Lipinski definition) is 0. The highest BCUT2D eigenvalue weighted by atomic mass is 35.5. The average molecular weight is 447 g/mol. The highest BCUT2D eigenvalue weighted by Gasteiger charge is 2.31. The first-order chi connectivity index (χ1) is 14.3. The van der Waals surface area contributed by atoms with E-state index in [0.29, 0.717) is 36.1 Å². The van der Waals surface area contributed by atoms with Gasteiger partial charge in [-0.05, 0) is 37.0 Å². The molecule has 0 aliphatic carbocycles. The fraction of sp³-hybridized carbons (Fsp3) is 0.500. The molecule has 0 saturated carbocycles. The zero-order valence-corrected chi connectivity index (χ0v) is 19.2. The number of carbonyl (C=O) groups excluding carboxylic acids is 2. The summed E-state index contributed by atoms with van der Waals surface area (Å²) in [5.41, 5.74) is 3.11. The van der Waals surface area contributed by atoms with Gasteiger partial charge in [0.15, 0.2) is 5.13 Å². The summed E-state index contributed by atoms with van der Waals surface area (Å²) < 4.78 is 0. The second-order valence-electron chi connectivity index (χ2n) is 8.22. The summed E-state index contributed by atoms with van der Waals surface area (Å²) >= 11 is 7.55. The van der Waals surface area contributed by atoms with Crippen molar-refractivity contribution in [2.75, 3.05) is 42.5 Å². The minimum Gasteiger partial charge on any atom is -0.368 e. The van der Waals surface area contributed by atoms with Crippen LogP contribution in [0.5, 0.6) is 0 Å². The summed E-state index contributed by atoms with van der Waals surface area (Å²) in [5.74, 6) is 0.252. The molecule has 160 valence electrons. The Morgan fingerprint density at radius 2 is 1.90 bits per heavy atom. The van der Waals surface area contributed by atoms with Gasteiger partial charge in [-0.25, -0.2) is 4.98 Å². The minimum absolute atomic E-state index is 0.0246. The number of aryl methyl sites for hydroxylation is 1. The Labute approximate surface area is 186 Å². The molecule has 4 rings (SSSR count). The van der Waals surface area contributed by atoms with Crippen LogP contribution in [0.2, 0.25) is 5.02 Å². The number of amides is 2. The van der Waals surface area contributed by atoms with Gasteiger partial charge in [0.25, 0.3) is 5.91 Å². The second-order valence-corrected chi connectivity index (χ2v) is 9.64. The summed E-state index contributed by atoms with van der Waals surface area (Å²) in [6.07, 6.45) is 1.41. The molecule has 1 aromatic heterocycles. The van der Waals surface area contributed by atoms with Gasteiger partial charge in [-0.2, -0.15) is 0 Å². The molecular weight excluding hydrogens is 420 g/mol. The lowest BCUT2D eigenvalue weighted by Gasteiger charge is -2.36. The first kappa shape index (κ1) is 21.1. The molecule has 2 saturated heterocycles. The third-order valence-electron chi connectivity index (χ3n) is 5.77. The molecule has 2 aliphatic rings. The molecule has 2 aliphatic heterocycles. The average Bonchev–Trinajstić information content (AvgIpc) is 3.35. The first-order valence-electron chi connectivity index (χ1n) is 10.5. The third kappa shape index (κ3) is 4.05. The van der Waals surface area contributed by atoms with Crippen LogP contribution < -0.4 is 9.80 Å². The number of nitrogens with zero attached hydrogens (tertiary/aromatic N) is 4. The van der Waals surface area contributed by atoms with Crippen molar-refractivity contribution in [1.29, 1.82) is 0 Å². The van der Waals surface area contributed by atoms with Crippen LogP contribution in [-0.2, 0) is 4.79 Å². The van der Waals surface area contributed by atoms with Crippen LogP contribution in [0.25, 0.3) is 0 Å². The van der Waals surface area contributed by atoms with Gasteiger partial charge in [0.1, 0.15) is 4.88 Å². The summed E-state index contributed by atoms with van der Waals surface area (Å²) in [5, 5.41) is 1.39. The van der Waals surface area contributed by atoms with E-state index in [1.54, 1.807) is 4.90 Å².